The highest BCUT2D eigenvalue weighted by Gasteiger charge is 2.57. The number of hydrogen-bond acceptors (Lipinski definition) is 13. The van der Waals surface area contributed by atoms with Crippen molar-refractivity contribution in [3.63, 3.8) is 0 Å². The molecule has 4 aliphatic heterocycles. The second-order valence-electron chi connectivity index (χ2n) is 24.4. The zero-order chi connectivity index (χ0) is 55.3. The van der Waals surface area contributed by atoms with Gasteiger partial charge in [-0.3, -0.25) is 34.1 Å². The van der Waals surface area contributed by atoms with Crippen molar-refractivity contribution in [1.29, 1.82) is 0 Å². The van der Waals surface area contributed by atoms with Crippen molar-refractivity contribution >= 4 is 88.8 Å². The summed E-state index contributed by atoms with van der Waals surface area (Å²) in [5.41, 5.74) is 2.81. The van der Waals surface area contributed by atoms with E-state index in [2.05, 4.69) is 70.2 Å². The number of amides is 6. The normalized spacial score (nSPS) is 32.7. The Morgan fingerprint density at radius 1 is 0.636 bits per heavy atom. The third kappa shape index (κ3) is 11.8. The molecule has 2 aromatic rings. The number of benzene rings is 2. The smallest absolute Gasteiger partial charge is 0.246 e. The maximum atomic E-state index is 14.9. The largest absolute Gasteiger partial charge is 0.367 e. The molecule has 4 heterocycles. The van der Waals surface area contributed by atoms with Gasteiger partial charge < -0.3 is 47.0 Å². The van der Waals surface area contributed by atoms with Crippen LogP contribution in [0.15, 0.2) is 48.5 Å². The summed E-state index contributed by atoms with van der Waals surface area (Å²) in [4.78, 5) is 91.1. The van der Waals surface area contributed by atoms with E-state index in [9.17, 15) is 28.8 Å². The monoisotopic (exact) mass is 1130 g/mol. The van der Waals surface area contributed by atoms with Gasteiger partial charge in [-0.25, -0.2) is 0 Å². The first-order chi connectivity index (χ1) is 36.5. The predicted molar refractivity (Wildman–Crippen MR) is 312 cm³/mol. The Kier molecular flexibility index (Phi) is 17.5. The van der Waals surface area contributed by atoms with E-state index in [1.807, 2.05) is 88.3 Å². The van der Waals surface area contributed by atoms with E-state index in [0.29, 0.717) is 69.2 Å². The molecule has 20 heteroatoms. The molecular formula is C57H82N10O6S4. The lowest BCUT2D eigenvalue weighted by atomic mass is 9.83. The molecule has 9 rings (SSSR count). The molecule has 1 saturated carbocycles. The van der Waals surface area contributed by atoms with Crippen LogP contribution in [0.3, 0.4) is 0 Å². The molecule has 420 valence electrons. The fourth-order valence-electron chi connectivity index (χ4n) is 13.4. The molecule has 5 fully saturated rings. The first kappa shape index (κ1) is 57.8. The molecule has 8 N–H and O–H groups in total. The number of hydrogen-bond donors (Lipinski definition) is 9. The molecule has 0 aromatic heterocycles. The van der Waals surface area contributed by atoms with E-state index in [1.165, 1.54) is 0 Å². The molecule has 0 bridgehead atoms. The molecule has 77 heavy (non-hydrogen) atoms. The van der Waals surface area contributed by atoms with E-state index in [4.69, 9.17) is 24.8 Å². The van der Waals surface area contributed by atoms with Crippen LogP contribution in [0, 0.1) is 22.7 Å². The van der Waals surface area contributed by atoms with Crippen LogP contribution in [0.1, 0.15) is 134 Å². The Morgan fingerprint density at radius 2 is 1.06 bits per heavy atom. The number of nitrogens with one attached hydrogen (secondary N) is 8. The van der Waals surface area contributed by atoms with E-state index in [1.54, 1.807) is 28.4 Å². The van der Waals surface area contributed by atoms with E-state index < -0.39 is 63.8 Å². The van der Waals surface area contributed by atoms with Crippen LogP contribution in [0.5, 0.6) is 0 Å². The summed E-state index contributed by atoms with van der Waals surface area (Å²) in [6.07, 6.45) is 6.14. The average Bonchev–Trinajstić information content (AvgIpc) is 4.17. The maximum Gasteiger partial charge on any atom is 0.246 e. The highest BCUT2D eigenvalue weighted by Crippen LogP contribution is 2.49. The van der Waals surface area contributed by atoms with E-state index in [-0.39, 0.29) is 70.4 Å². The Labute approximate surface area is 475 Å². The van der Waals surface area contributed by atoms with Crippen LogP contribution in [0.4, 0.5) is 0 Å². The maximum absolute atomic E-state index is 14.9. The van der Waals surface area contributed by atoms with Crippen molar-refractivity contribution in [3.05, 3.63) is 70.8 Å². The highest BCUT2D eigenvalue weighted by atomic mass is 32.2. The van der Waals surface area contributed by atoms with Crippen LogP contribution >= 0.6 is 48.4 Å². The van der Waals surface area contributed by atoms with Gasteiger partial charge in [0.2, 0.25) is 35.4 Å². The molecule has 0 radical (unpaired) electrons. The lowest BCUT2D eigenvalue weighted by Gasteiger charge is -2.38. The predicted octanol–water partition coefficient (Wildman–Crippen LogP) is 4.88. The second-order valence-corrected chi connectivity index (χ2v) is 28.3. The van der Waals surface area contributed by atoms with Gasteiger partial charge in [-0.15, -0.1) is 23.5 Å². The summed E-state index contributed by atoms with van der Waals surface area (Å²) in [5, 5.41) is 26.3. The molecule has 13 atom stereocenters. The van der Waals surface area contributed by atoms with Gasteiger partial charge in [0, 0.05) is 18.1 Å². The van der Waals surface area contributed by atoms with E-state index >= 15 is 0 Å². The number of likely N-dealkylation sites (N-methyl/N-ethyl adjacent to an activating group) is 2. The number of fused-ring (bicyclic) bond motifs is 4. The van der Waals surface area contributed by atoms with Crippen LogP contribution in [-0.4, -0.2) is 140 Å². The summed E-state index contributed by atoms with van der Waals surface area (Å²) in [7, 11) is 3.69. The fraction of sp³-hybridized carbons (Fsp3) is 0.667. The Balaban J connectivity index is 0.832. The van der Waals surface area contributed by atoms with Gasteiger partial charge in [0.05, 0.1) is 56.6 Å². The lowest BCUT2D eigenvalue weighted by molar-refractivity contribution is -0.143. The zero-order valence-corrected chi connectivity index (χ0v) is 49.5. The summed E-state index contributed by atoms with van der Waals surface area (Å²) in [6, 6.07) is 11.7. The molecule has 6 amide bonds. The molecule has 7 aliphatic rings. The summed E-state index contributed by atoms with van der Waals surface area (Å²) < 4.78 is 0. The van der Waals surface area contributed by atoms with Crippen LogP contribution in [0.25, 0.3) is 0 Å². The Hall–Kier alpha value is -3.92. The molecule has 3 aliphatic carbocycles. The number of thiol groups is 1. The molecule has 1 unspecified atom stereocenters. The third-order valence-electron chi connectivity index (χ3n) is 18.1. The van der Waals surface area contributed by atoms with Crippen molar-refractivity contribution in [1.82, 2.24) is 52.3 Å². The summed E-state index contributed by atoms with van der Waals surface area (Å²) >= 11 is 14.0. The van der Waals surface area contributed by atoms with Gasteiger partial charge in [-0.1, -0.05) is 88.4 Å². The molecule has 16 nitrogen and oxygen atoms in total. The number of thiocarbonyl (C=S) groups is 1. The SMILES string of the molecule is CN[C@@H](C)C(=S)N[C@H]1CCS[C@H]2CC(C)(C)[C@@H](C(=O)N[C@H]3c4ccccc4C[C@H]3C(=O)N[C@H]3CC[C@H](NC(=O)[C@@H]4Cc5ccccc5[C@@H]4NC(=O)[C@H]4N5C(=O)[C@@H](NC(C)(S)[C@H](C)NC)CCS[C@H]5CC4(C)C)CC3)N2C1=O. The minimum absolute atomic E-state index is 0.0353. The number of rotatable bonds is 15. The molecule has 4 saturated heterocycles. The minimum Gasteiger partial charge on any atom is -0.367 e. The van der Waals surface area contributed by atoms with Crippen molar-refractivity contribution in [2.24, 2.45) is 22.7 Å². The Morgan fingerprint density at radius 3 is 1.51 bits per heavy atom. The van der Waals surface area contributed by atoms with Gasteiger partial charge in [0.1, 0.15) is 18.1 Å². The van der Waals surface area contributed by atoms with Gasteiger partial charge in [0.25, 0.3) is 0 Å². The number of thioether (sulfide) groups is 2. The summed E-state index contributed by atoms with van der Waals surface area (Å²) in [5.74, 6) is -0.583. The van der Waals surface area contributed by atoms with E-state index in [0.717, 1.165) is 33.8 Å². The zero-order valence-electron chi connectivity index (χ0n) is 46.2. The van der Waals surface area contributed by atoms with Gasteiger partial charge >= 0.3 is 0 Å². The van der Waals surface area contributed by atoms with Crippen molar-refractivity contribution in [3.8, 4) is 0 Å². The number of carbonyl (C=O) groups excluding carboxylic acids is 6. The average molecular weight is 1130 g/mol. The van der Waals surface area contributed by atoms with Gasteiger partial charge in [-0.05, 0) is 144 Å². The van der Waals surface area contributed by atoms with Crippen molar-refractivity contribution in [2.45, 2.75) is 189 Å². The molecule has 2 aromatic carbocycles. The first-order valence-electron chi connectivity index (χ1n) is 27.9. The fourth-order valence-corrected chi connectivity index (χ4v) is 17.1. The van der Waals surface area contributed by atoms with Crippen LogP contribution < -0.4 is 42.5 Å². The second kappa shape index (κ2) is 23.3. The van der Waals surface area contributed by atoms with Crippen molar-refractivity contribution < 1.29 is 28.8 Å². The topological polar surface area (TPSA) is 205 Å². The Bertz CT molecular complexity index is 2590. The highest BCUT2D eigenvalue weighted by molar-refractivity contribution is 8.00. The van der Waals surface area contributed by atoms with Gasteiger partial charge in [-0.2, -0.15) is 12.6 Å². The standard InChI is InChI=1S/C57H82N10O6S4/c1-30(58-8)52(74)62-40-22-24-76-42-28-55(3,4)46(66(42)53(40)72)50(70)63-44-36-16-12-10-14-32(36)26-38(44)48(68)60-34-18-20-35(21-19-34)61-49(69)39-27-33-15-11-13-17-37(33)45(39)64-51(71)47-56(5,6)29-43-67(47)54(73)41(23-25-77-43)65-57(7,75)31(2)59-9/h10-17,30-31,34-35,38-47,58-59,65,75H,18-29H2,1-9H3,(H,60,68)(H,61,69)(H,62,74)(H,63,70)(H,64,71)/t30-,31-,34-,35-,38+,39+,40-,41-,42-,43-,44-,45-,46+,47+,57?/m0/s1. The number of nitrogens with zero attached hydrogens (tertiary/aromatic N) is 2. The molecule has 0 spiro atoms. The van der Waals surface area contributed by atoms with Crippen LogP contribution in [0.2, 0.25) is 0 Å². The number of carbonyl (C=O) groups is 6. The minimum atomic E-state index is -0.743. The lowest BCUT2D eigenvalue weighted by Crippen LogP contribution is -2.61. The first-order valence-corrected chi connectivity index (χ1v) is 30.9. The summed E-state index contributed by atoms with van der Waals surface area (Å²) in [6.45, 7) is 14.2. The van der Waals surface area contributed by atoms with Crippen LogP contribution in [-0.2, 0) is 41.6 Å². The van der Waals surface area contributed by atoms with Gasteiger partial charge in [0.15, 0.2) is 0 Å². The quantitative estimate of drug-likeness (QED) is 0.0665. The molecular weight excluding hydrogens is 1050 g/mol. The third-order valence-corrected chi connectivity index (χ3v) is 21.6. The van der Waals surface area contributed by atoms with Crippen molar-refractivity contribution in [2.75, 3.05) is 25.6 Å².